The number of nitrogens with zero attached hydrogens (tertiary/aromatic N) is 1. The largest absolute Gasteiger partial charge is 0.445 e. The topological polar surface area (TPSA) is 67.6 Å². The minimum Gasteiger partial charge on any atom is -0.445 e. The predicted molar refractivity (Wildman–Crippen MR) is 75.1 cm³/mol. The molecule has 1 heterocycles. The highest BCUT2D eigenvalue weighted by Gasteiger charge is 2.25. The summed E-state index contributed by atoms with van der Waals surface area (Å²) in [5, 5.41) is 3.09. The Balaban J connectivity index is -0.000000653. The third kappa shape index (κ3) is 7.28. The molecule has 0 saturated carbocycles. The number of carbonyl (C=O) groups excluding carboxylic acids is 1. The Morgan fingerprint density at radius 1 is 1.41 bits per heavy atom. The molecule has 106 valence electrons. The van der Waals surface area contributed by atoms with Crippen LogP contribution in [0.5, 0.6) is 0 Å². The van der Waals surface area contributed by atoms with Gasteiger partial charge in [-0.2, -0.15) is 0 Å². The molecule has 0 radical (unpaired) electrons. The number of likely N-dealkylation sites (N-methyl/N-ethyl adjacent to an activating group) is 1. The lowest BCUT2D eigenvalue weighted by atomic mass is 10.3. The van der Waals surface area contributed by atoms with Crippen LogP contribution in [0.2, 0.25) is 0 Å². The molecule has 3 N–H and O–H groups in total. The third-order valence-corrected chi connectivity index (χ3v) is 2.39. The second kappa shape index (κ2) is 11.3. The van der Waals surface area contributed by atoms with Gasteiger partial charge in [0.1, 0.15) is 0 Å². The molecule has 1 fully saturated rings. The molecule has 5 nitrogen and oxygen atoms in total. The van der Waals surface area contributed by atoms with E-state index in [1.54, 1.807) is 6.92 Å². The van der Waals surface area contributed by atoms with Gasteiger partial charge in [-0.05, 0) is 6.54 Å². The Kier molecular flexibility index (Phi) is 14.9. The number of nitrogens with two attached hydrogens (primary N) is 1. The molecule has 2 atom stereocenters. The van der Waals surface area contributed by atoms with Crippen LogP contribution in [0.1, 0.15) is 20.3 Å². The molecule has 0 aromatic rings. The van der Waals surface area contributed by atoms with E-state index in [9.17, 15) is 4.79 Å². The molecule has 17 heavy (non-hydrogen) atoms. The highest BCUT2D eigenvalue weighted by Crippen LogP contribution is 2.04. The van der Waals surface area contributed by atoms with Gasteiger partial charge in [0.25, 0.3) is 0 Å². The summed E-state index contributed by atoms with van der Waals surface area (Å²) in [5.41, 5.74) is 5.84. The van der Waals surface area contributed by atoms with Gasteiger partial charge < -0.3 is 10.5 Å². The minimum atomic E-state index is -0.206. The maximum Gasteiger partial charge on any atom is 0.307 e. The number of halogens is 3. The molecular formula is C9H22Cl3N3O2. The summed E-state index contributed by atoms with van der Waals surface area (Å²) >= 11 is 0. The lowest BCUT2D eigenvalue weighted by Crippen LogP contribution is -2.60. The van der Waals surface area contributed by atoms with Crippen LogP contribution in [0, 0.1) is 0 Å². The Morgan fingerprint density at radius 3 is 2.47 bits per heavy atom. The number of hydrogen-bond donors (Lipinski definition) is 2. The summed E-state index contributed by atoms with van der Waals surface area (Å²) in [4.78, 5) is 13.1. The molecule has 1 aliphatic heterocycles. The Hall–Kier alpha value is 0.220. The summed E-state index contributed by atoms with van der Waals surface area (Å²) in [6, 6.07) is 0. The van der Waals surface area contributed by atoms with E-state index in [1.807, 2.05) is 6.92 Å². The van der Waals surface area contributed by atoms with Gasteiger partial charge in [-0.25, -0.2) is 0 Å². The van der Waals surface area contributed by atoms with E-state index in [-0.39, 0.29) is 55.6 Å². The molecule has 8 heteroatoms. The van der Waals surface area contributed by atoms with Crippen LogP contribution in [0.3, 0.4) is 0 Å². The number of piperazine rings is 1. The summed E-state index contributed by atoms with van der Waals surface area (Å²) in [5.74, 6) is -0.172. The molecule has 2 unspecified atom stereocenters. The van der Waals surface area contributed by atoms with Gasteiger partial charge in [0, 0.05) is 13.0 Å². The van der Waals surface area contributed by atoms with E-state index in [2.05, 4.69) is 10.2 Å². The van der Waals surface area contributed by atoms with Gasteiger partial charge >= 0.3 is 5.97 Å². The van der Waals surface area contributed by atoms with E-state index in [1.165, 1.54) is 0 Å². The number of carbonyl (C=O) groups is 1. The normalized spacial score (nSPS) is 23.7. The third-order valence-electron chi connectivity index (χ3n) is 2.39. The highest BCUT2D eigenvalue weighted by molar-refractivity contribution is 5.86. The van der Waals surface area contributed by atoms with Gasteiger partial charge in [-0.3, -0.25) is 15.0 Å². The SMILES string of the molecule is CCC(=O)OC1CN(CC)C(N)CN1.Cl.Cl.Cl. The average Bonchev–Trinajstić information content (AvgIpc) is 2.20. The number of hydrogen-bond acceptors (Lipinski definition) is 5. The molecule has 1 saturated heterocycles. The zero-order chi connectivity index (χ0) is 10.6. The predicted octanol–water partition coefficient (Wildman–Crippen LogP) is 0.741. The smallest absolute Gasteiger partial charge is 0.307 e. The first-order valence-corrected chi connectivity index (χ1v) is 5.09. The number of ether oxygens (including phenoxy) is 1. The molecule has 1 aliphatic rings. The van der Waals surface area contributed by atoms with Crippen molar-refractivity contribution in [3.63, 3.8) is 0 Å². The van der Waals surface area contributed by atoms with Crippen LogP contribution >= 0.6 is 37.2 Å². The highest BCUT2D eigenvalue weighted by atomic mass is 35.5. The second-order valence-corrected chi connectivity index (χ2v) is 3.40. The molecule has 0 aromatic carbocycles. The number of esters is 1. The molecule has 0 aliphatic carbocycles. The first-order valence-electron chi connectivity index (χ1n) is 5.09. The monoisotopic (exact) mass is 309 g/mol. The second-order valence-electron chi connectivity index (χ2n) is 3.40. The van der Waals surface area contributed by atoms with Gasteiger partial charge in [0.15, 0.2) is 6.23 Å². The van der Waals surface area contributed by atoms with Crippen molar-refractivity contribution < 1.29 is 9.53 Å². The van der Waals surface area contributed by atoms with Crippen LogP contribution in [-0.4, -0.2) is 42.9 Å². The summed E-state index contributed by atoms with van der Waals surface area (Å²) < 4.78 is 5.17. The molecule has 0 amide bonds. The van der Waals surface area contributed by atoms with Crippen molar-refractivity contribution in [3.8, 4) is 0 Å². The summed E-state index contributed by atoms with van der Waals surface area (Å²) in [6.45, 7) is 6.04. The summed E-state index contributed by atoms with van der Waals surface area (Å²) in [7, 11) is 0. The van der Waals surface area contributed by atoms with Crippen LogP contribution < -0.4 is 11.1 Å². The first-order chi connectivity index (χ1) is 6.67. The van der Waals surface area contributed by atoms with Crippen molar-refractivity contribution in [2.75, 3.05) is 19.6 Å². The van der Waals surface area contributed by atoms with Crippen molar-refractivity contribution >= 4 is 43.2 Å². The van der Waals surface area contributed by atoms with Crippen molar-refractivity contribution in [3.05, 3.63) is 0 Å². The molecule has 0 bridgehead atoms. The molecule has 1 rings (SSSR count). The van der Waals surface area contributed by atoms with Crippen LogP contribution in [0.25, 0.3) is 0 Å². The first kappa shape index (κ1) is 22.4. The van der Waals surface area contributed by atoms with E-state index in [4.69, 9.17) is 10.5 Å². The quantitative estimate of drug-likeness (QED) is 0.753. The fourth-order valence-corrected chi connectivity index (χ4v) is 1.48. The minimum absolute atomic E-state index is 0. The number of rotatable bonds is 3. The standard InChI is InChI=1S/C9H19N3O2.3ClH/c1-3-9(13)14-8-6-12(4-2)7(10)5-11-8;;;/h7-8,11H,3-6,10H2,1-2H3;3*1H. The van der Waals surface area contributed by atoms with E-state index < -0.39 is 0 Å². The summed E-state index contributed by atoms with van der Waals surface area (Å²) in [6.07, 6.45) is 0.231. The van der Waals surface area contributed by atoms with Gasteiger partial charge in [-0.1, -0.05) is 13.8 Å². The zero-order valence-electron chi connectivity index (χ0n) is 10.0. The maximum absolute atomic E-state index is 11.0. The molecule has 0 spiro atoms. The fraction of sp³-hybridized carbons (Fsp3) is 0.889. The lowest BCUT2D eigenvalue weighted by molar-refractivity contribution is -0.153. The molecule has 0 aromatic heterocycles. The van der Waals surface area contributed by atoms with Crippen LogP contribution in [-0.2, 0) is 9.53 Å². The Bertz CT molecular complexity index is 210. The van der Waals surface area contributed by atoms with Crippen LogP contribution in [0.15, 0.2) is 0 Å². The van der Waals surface area contributed by atoms with Crippen molar-refractivity contribution in [2.45, 2.75) is 32.7 Å². The van der Waals surface area contributed by atoms with Crippen LogP contribution in [0.4, 0.5) is 0 Å². The maximum atomic E-state index is 11.0. The average molecular weight is 311 g/mol. The van der Waals surface area contributed by atoms with E-state index in [0.717, 1.165) is 6.54 Å². The van der Waals surface area contributed by atoms with Crippen molar-refractivity contribution in [2.24, 2.45) is 5.73 Å². The molecular weight excluding hydrogens is 288 g/mol. The Labute approximate surface area is 121 Å². The van der Waals surface area contributed by atoms with Gasteiger partial charge in [0.2, 0.25) is 0 Å². The van der Waals surface area contributed by atoms with E-state index >= 15 is 0 Å². The fourth-order valence-electron chi connectivity index (χ4n) is 1.48. The van der Waals surface area contributed by atoms with Crippen molar-refractivity contribution in [1.29, 1.82) is 0 Å². The Morgan fingerprint density at radius 2 is 2.00 bits per heavy atom. The van der Waals surface area contributed by atoms with Gasteiger partial charge in [-0.15, -0.1) is 37.2 Å². The number of nitrogens with one attached hydrogen (secondary N) is 1. The van der Waals surface area contributed by atoms with E-state index in [0.29, 0.717) is 19.5 Å². The van der Waals surface area contributed by atoms with Gasteiger partial charge in [0.05, 0.1) is 12.7 Å². The van der Waals surface area contributed by atoms with Crippen molar-refractivity contribution in [1.82, 2.24) is 10.2 Å². The lowest BCUT2D eigenvalue weighted by Gasteiger charge is -2.37. The zero-order valence-corrected chi connectivity index (χ0v) is 12.5.